The highest BCUT2D eigenvalue weighted by Gasteiger charge is 2.10. The molecule has 8 heteroatoms. The molecule has 0 aliphatic rings. The number of aromatic amines is 1. The summed E-state index contributed by atoms with van der Waals surface area (Å²) in [7, 11) is 1.58. The van der Waals surface area contributed by atoms with E-state index in [0.717, 1.165) is 0 Å². The van der Waals surface area contributed by atoms with Gasteiger partial charge in [0.2, 0.25) is 5.91 Å². The summed E-state index contributed by atoms with van der Waals surface area (Å²) >= 11 is 0. The molecule has 142 valence electrons. The third kappa shape index (κ3) is 3.32. The first kappa shape index (κ1) is 17.7. The Balaban J connectivity index is 1.49. The van der Waals surface area contributed by atoms with Crippen molar-refractivity contribution in [2.45, 2.75) is 12.8 Å². The van der Waals surface area contributed by atoms with Crippen molar-refractivity contribution in [2.75, 3.05) is 5.32 Å². The number of nitrogens with zero attached hydrogens (tertiary/aromatic N) is 1. The number of aromatic nitrogens is 2. The van der Waals surface area contributed by atoms with E-state index in [-0.39, 0.29) is 24.3 Å². The molecule has 0 fully saturated rings. The van der Waals surface area contributed by atoms with Crippen molar-refractivity contribution in [1.29, 1.82) is 0 Å². The number of H-pyrrole nitrogens is 1. The number of hydrogen-bond donors (Lipinski definition) is 2. The zero-order chi connectivity index (χ0) is 19.8. The molecular formula is C20H16FN3O4. The topological polar surface area (TPSA) is 97.1 Å². The second-order valence-electron chi connectivity index (χ2n) is 6.51. The Labute approximate surface area is 157 Å². The van der Waals surface area contributed by atoms with E-state index in [0.29, 0.717) is 33.3 Å². The standard InChI is InChI=1S/C20H16FN3O4/c1-24-16-10-14(5-6-17(16)28-20(24)27)22-18(25)7-3-12-8-11-2-4-13(21)9-15(11)23-19(12)26/h2,4-6,8-10H,3,7H2,1H3,(H,22,25)(H,23,26). The molecule has 4 rings (SSSR count). The summed E-state index contributed by atoms with van der Waals surface area (Å²) in [5.41, 5.74) is 2.04. The van der Waals surface area contributed by atoms with Crippen LogP contribution in [0.5, 0.6) is 0 Å². The normalized spacial score (nSPS) is 11.2. The van der Waals surface area contributed by atoms with E-state index >= 15 is 0 Å². The van der Waals surface area contributed by atoms with Gasteiger partial charge >= 0.3 is 5.76 Å². The zero-order valence-corrected chi connectivity index (χ0v) is 14.9. The van der Waals surface area contributed by atoms with Gasteiger partial charge in [-0.15, -0.1) is 0 Å². The van der Waals surface area contributed by atoms with Crippen LogP contribution >= 0.6 is 0 Å². The van der Waals surface area contributed by atoms with Crippen molar-refractivity contribution in [2.24, 2.45) is 7.05 Å². The minimum Gasteiger partial charge on any atom is -0.408 e. The van der Waals surface area contributed by atoms with Crippen LogP contribution in [0.1, 0.15) is 12.0 Å². The van der Waals surface area contributed by atoms with E-state index < -0.39 is 11.6 Å². The molecule has 0 saturated heterocycles. The van der Waals surface area contributed by atoms with Crippen LogP contribution in [0, 0.1) is 5.82 Å². The van der Waals surface area contributed by atoms with Crippen molar-refractivity contribution in [3.63, 3.8) is 0 Å². The molecule has 0 atom stereocenters. The predicted molar refractivity (Wildman–Crippen MR) is 103 cm³/mol. The summed E-state index contributed by atoms with van der Waals surface area (Å²) in [6.45, 7) is 0. The molecule has 0 unspecified atom stereocenters. The van der Waals surface area contributed by atoms with Gasteiger partial charge in [-0.3, -0.25) is 14.2 Å². The lowest BCUT2D eigenvalue weighted by Crippen LogP contribution is -2.17. The van der Waals surface area contributed by atoms with Crippen LogP contribution in [0.2, 0.25) is 0 Å². The number of amides is 1. The fourth-order valence-electron chi connectivity index (χ4n) is 3.08. The Kier molecular flexibility index (Phi) is 4.31. The Morgan fingerprint density at radius 3 is 2.82 bits per heavy atom. The molecule has 1 amide bonds. The molecule has 0 saturated carbocycles. The number of fused-ring (bicyclic) bond motifs is 2. The molecule has 0 radical (unpaired) electrons. The van der Waals surface area contributed by atoms with Crippen molar-refractivity contribution < 1.29 is 13.6 Å². The van der Waals surface area contributed by atoms with Crippen LogP contribution < -0.4 is 16.6 Å². The number of hydrogen-bond acceptors (Lipinski definition) is 4. The van der Waals surface area contributed by atoms with Gasteiger partial charge in [0.15, 0.2) is 5.58 Å². The molecular weight excluding hydrogens is 365 g/mol. The van der Waals surface area contributed by atoms with Gasteiger partial charge in [0.05, 0.1) is 11.0 Å². The highest BCUT2D eigenvalue weighted by molar-refractivity contribution is 5.93. The maximum absolute atomic E-state index is 13.3. The number of nitrogens with one attached hydrogen (secondary N) is 2. The van der Waals surface area contributed by atoms with E-state index in [2.05, 4.69) is 10.3 Å². The summed E-state index contributed by atoms with van der Waals surface area (Å²) in [6, 6.07) is 10.7. The van der Waals surface area contributed by atoms with Crippen molar-refractivity contribution in [3.05, 3.63) is 74.7 Å². The van der Waals surface area contributed by atoms with Crippen molar-refractivity contribution in [1.82, 2.24) is 9.55 Å². The van der Waals surface area contributed by atoms with Crippen LogP contribution in [0.3, 0.4) is 0 Å². The van der Waals surface area contributed by atoms with E-state index in [1.807, 2.05) is 0 Å². The van der Waals surface area contributed by atoms with Gasteiger partial charge in [-0.2, -0.15) is 0 Å². The highest BCUT2D eigenvalue weighted by Crippen LogP contribution is 2.18. The van der Waals surface area contributed by atoms with Gasteiger partial charge in [-0.25, -0.2) is 9.18 Å². The van der Waals surface area contributed by atoms with E-state index in [9.17, 15) is 18.8 Å². The van der Waals surface area contributed by atoms with E-state index in [1.165, 1.54) is 16.7 Å². The summed E-state index contributed by atoms with van der Waals surface area (Å²) < 4.78 is 19.7. The van der Waals surface area contributed by atoms with Gasteiger partial charge in [0.25, 0.3) is 5.56 Å². The van der Waals surface area contributed by atoms with Crippen molar-refractivity contribution in [3.8, 4) is 0 Å². The second-order valence-corrected chi connectivity index (χ2v) is 6.51. The monoisotopic (exact) mass is 381 g/mol. The zero-order valence-electron chi connectivity index (χ0n) is 14.9. The fourth-order valence-corrected chi connectivity index (χ4v) is 3.08. The lowest BCUT2D eigenvalue weighted by Gasteiger charge is -2.06. The Bertz CT molecular complexity index is 1330. The molecule has 0 aliphatic carbocycles. The van der Waals surface area contributed by atoms with Gasteiger partial charge in [-0.1, -0.05) is 0 Å². The minimum absolute atomic E-state index is 0.0954. The molecule has 0 spiro atoms. The number of carbonyl (C=O) groups is 1. The van der Waals surface area contributed by atoms with Crippen molar-refractivity contribution >= 4 is 33.6 Å². The van der Waals surface area contributed by atoms with E-state index in [4.69, 9.17) is 4.42 Å². The SMILES string of the molecule is Cn1c(=O)oc2ccc(NC(=O)CCc3cc4ccc(F)cc4[nH]c3=O)cc21. The second kappa shape index (κ2) is 6.80. The number of halogens is 1. The van der Waals surface area contributed by atoms with Crippen LogP contribution in [0.4, 0.5) is 10.1 Å². The van der Waals surface area contributed by atoms with Crippen LogP contribution in [-0.2, 0) is 18.3 Å². The molecule has 4 aromatic rings. The average molecular weight is 381 g/mol. The molecule has 2 heterocycles. The maximum Gasteiger partial charge on any atom is 0.419 e. The number of benzene rings is 2. The first-order chi connectivity index (χ1) is 13.4. The van der Waals surface area contributed by atoms with E-state index in [1.54, 1.807) is 37.4 Å². The quantitative estimate of drug-likeness (QED) is 0.568. The molecule has 2 aromatic carbocycles. The average Bonchev–Trinajstić information content (AvgIpc) is 2.94. The molecule has 28 heavy (non-hydrogen) atoms. The minimum atomic E-state index is -0.478. The molecule has 7 nitrogen and oxygen atoms in total. The number of oxazole rings is 1. The summed E-state index contributed by atoms with van der Waals surface area (Å²) in [5.74, 6) is -1.18. The molecule has 2 aromatic heterocycles. The van der Waals surface area contributed by atoms with Gasteiger partial charge in [-0.05, 0) is 54.3 Å². The lowest BCUT2D eigenvalue weighted by atomic mass is 10.1. The maximum atomic E-state index is 13.3. The Morgan fingerprint density at radius 1 is 1.18 bits per heavy atom. The van der Waals surface area contributed by atoms with Crippen LogP contribution in [0.25, 0.3) is 22.0 Å². The smallest absolute Gasteiger partial charge is 0.408 e. The summed E-state index contributed by atoms with van der Waals surface area (Å²) in [5, 5.41) is 3.44. The third-order valence-corrected chi connectivity index (χ3v) is 4.58. The highest BCUT2D eigenvalue weighted by atomic mass is 19.1. The number of carbonyl (C=O) groups excluding carboxylic acids is 1. The largest absolute Gasteiger partial charge is 0.419 e. The lowest BCUT2D eigenvalue weighted by molar-refractivity contribution is -0.116. The first-order valence-corrected chi connectivity index (χ1v) is 8.61. The first-order valence-electron chi connectivity index (χ1n) is 8.61. The summed E-state index contributed by atoms with van der Waals surface area (Å²) in [6.07, 6.45) is 0.332. The third-order valence-electron chi connectivity index (χ3n) is 4.58. The molecule has 2 N–H and O–H groups in total. The number of rotatable bonds is 4. The molecule has 0 aliphatic heterocycles. The fraction of sp³-hybridized carbons (Fsp3) is 0.150. The Morgan fingerprint density at radius 2 is 2.00 bits per heavy atom. The number of pyridine rings is 1. The van der Waals surface area contributed by atoms with Gasteiger partial charge in [0, 0.05) is 24.7 Å². The Hall–Kier alpha value is -3.68. The van der Waals surface area contributed by atoms with Gasteiger partial charge < -0.3 is 14.7 Å². The van der Waals surface area contributed by atoms with Crippen LogP contribution in [0.15, 0.2) is 56.5 Å². The van der Waals surface area contributed by atoms with Gasteiger partial charge in [0.1, 0.15) is 5.82 Å². The van der Waals surface area contributed by atoms with Crippen LogP contribution in [-0.4, -0.2) is 15.5 Å². The number of aryl methyl sites for hydroxylation is 2. The predicted octanol–water partition coefficient (Wildman–Crippen LogP) is 2.68. The molecule has 0 bridgehead atoms. The number of anilines is 1. The summed E-state index contributed by atoms with van der Waals surface area (Å²) in [4.78, 5) is 38.6.